The zero-order valence-electron chi connectivity index (χ0n) is 14.9. The topological polar surface area (TPSA) is 50.8 Å². The number of nitrogens with one attached hydrogen (secondary N) is 1. The lowest BCUT2D eigenvalue weighted by Gasteiger charge is -2.33. The summed E-state index contributed by atoms with van der Waals surface area (Å²) in [5.74, 6) is 2.36. The Morgan fingerprint density at radius 1 is 1.32 bits per heavy atom. The van der Waals surface area contributed by atoms with Crippen molar-refractivity contribution in [3.63, 3.8) is 0 Å². The van der Waals surface area contributed by atoms with E-state index in [1.165, 1.54) is 18.4 Å². The zero-order chi connectivity index (χ0) is 17.6. The van der Waals surface area contributed by atoms with Crippen LogP contribution in [0.3, 0.4) is 0 Å². The summed E-state index contributed by atoms with van der Waals surface area (Å²) in [6.45, 7) is 7.04. The second kappa shape index (κ2) is 8.90. The third-order valence-electron chi connectivity index (χ3n) is 4.77. The first-order valence-corrected chi connectivity index (χ1v) is 10.0. The summed E-state index contributed by atoms with van der Waals surface area (Å²) in [6.07, 6.45) is 3.89. The molecule has 0 aliphatic carbocycles. The molecule has 1 aromatic carbocycles. The van der Waals surface area contributed by atoms with Crippen LogP contribution in [0, 0.1) is 5.92 Å². The van der Waals surface area contributed by atoms with Crippen molar-refractivity contribution in [2.24, 2.45) is 5.92 Å². The van der Waals surface area contributed by atoms with Crippen LogP contribution in [-0.4, -0.2) is 43.7 Å². The van der Waals surface area contributed by atoms with Gasteiger partial charge in [-0.25, -0.2) is 0 Å². The van der Waals surface area contributed by atoms with Crippen molar-refractivity contribution in [2.75, 3.05) is 32.8 Å². The fourth-order valence-corrected chi connectivity index (χ4v) is 3.95. The number of benzene rings is 1. The van der Waals surface area contributed by atoms with Gasteiger partial charge >= 0.3 is 0 Å². The van der Waals surface area contributed by atoms with Crippen LogP contribution in [0.5, 0.6) is 11.5 Å². The molecular weight excluding hydrogens is 384 g/mol. The second-order valence-electron chi connectivity index (χ2n) is 6.88. The summed E-state index contributed by atoms with van der Waals surface area (Å²) >= 11 is 3.67. The van der Waals surface area contributed by atoms with E-state index in [4.69, 9.17) is 9.47 Å². The number of piperidine rings is 1. The normalized spacial score (nSPS) is 20.3. The summed E-state index contributed by atoms with van der Waals surface area (Å²) in [7, 11) is 0. The van der Waals surface area contributed by atoms with E-state index in [0.29, 0.717) is 25.6 Å². The van der Waals surface area contributed by atoms with Gasteiger partial charge in [-0.2, -0.15) is 0 Å². The van der Waals surface area contributed by atoms with Gasteiger partial charge < -0.3 is 14.8 Å². The standard InChI is InChI=1S/C19H27BrN2O3/c1-2-4-19(23)21-11-14-5-3-6-22(12-14)13-15-9-17-18(10-16(15)20)25-8-7-24-17/h9-10,14H,2-8,11-13H2,1H3,(H,21,23). The van der Waals surface area contributed by atoms with Crippen LogP contribution in [-0.2, 0) is 11.3 Å². The van der Waals surface area contributed by atoms with E-state index in [-0.39, 0.29) is 5.91 Å². The van der Waals surface area contributed by atoms with Gasteiger partial charge in [0.05, 0.1) is 0 Å². The summed E-state index contributed by atoms with van der Waals surface area (Å²) in [6, 6.07) is 4.10. The number of ether oxygens (including phenoxy) is 2. The summed E-state index contributed by atoms with van der Waals surface area (Å²) in [5, 5.41) is 3.08. The van der Waals surface area contributed by atoms with Gasteiger partial charge in [0.2, 0.25) is 5.91 Å². The van der Waals surface area contributed by atoms with Crippen LogP contribution in [0.25, 0.3) is 0 Å². The number of hydrogen-bond donors (Lipinski definition) is 1. The highest BCUT2D eigenvalue weighted by molar-refractivity contribution is 9.10. The summed E-state index contributed by atoms with van der Waals surface area (Å²) in [4.78, 5) is 14.2. The smallest absolute Gasteiger partial charge is 0.219 e. The number of likely N-dealkylation sites (tertiary alicyclic amines) is 1. The molecule has 0 saturated carbocycles. The number of amides is 1. The average Bonchev–Trinajstić information content (AvgIpc) is 2.61. The van der Waals surface area contributed by atoms with Gasteiger partial charge in [0, 0.05) is 30.5 Å². The number of nitrogens with zero attached hydrogens (tertiary/aromatic N) is 1. The van der Waals surface area contributed by atoms with Crippen LogP contribution >= 0.6 is 15.9 Å². The number of carbonyl (C=O) groups is 1. The van der Waals surface area contributed by atoms with Crippen molar-refractivity contribution in [1.29, 1.82) is 0 Å². The molecule has 25 heavy (non-hydrogen) atoms. The average molecular weight is 411 g/mol. The zero-order valence-corrected chi connectivity index (χ0v) is 16.4. The number of fused-ring (bicyclic) bond motifs is 1. The Kier molecular flexibility index (Phi) is 6.59. The number of hydrogen-bond acceptors (Lipinski definition) is 4. The number of carbonyl (C=O) groups excluding carboxylic acids is 1. The molecule has 2 aliphatic rings. The van der Waals surface area contributed by atoms with Gasteiger partial charge in [0.15, 0.2) is 11.5 Å². The molecular formula is C19H27BrN2O3. The molecule has 2 aliphatic heterocycles. The van der Waals surface area contributed by atoms with Crippen LogP contribution in [0.15, 0.2) is 16.6 Å². The third-order valence-corrected chi connectivity index (χ3v) is 5.51. The molecule has 1 N–H and O–H groups in total. The lowest BCUT2D eigenvalue weighted by molar-refractivity contribution is -0.121. The highest BCUT2D eigenvalue weighted by Gasteiger charge is 2.22. The molecule has 3 rings (SSSR count). The fourth-order valence-electron chi connectivity index (χ4n) is 3.50. The largest absolute Gasteiger partial charge is 0.486 e. The number of halogens is 1. The number of rotatable bonds is 6. The van der Waals surface area contributed by atoms with Crippen molar-refractivity contribution in [3.05, 3.63) is 22.2 Å². The Morgan fingerprint density at radius 3 is 2.84 bits per heavy atom. The summed E-state index contributed by atoms with van der Waals surface area (Å²) in [5.41, 5.74) is 1.22. The first-order valence-electron chi connectivity index (χ1n) is 9.22. The highest BCUT2D eigenvalue weighted by atomic mass is 79.9. The Labute approximate surface area is 158 Å². The fraction of sp³-hybridized carbons (Fsp3) is 0.632. The molecule has 1 amide bonds. The Hall–Kier alpha value is -1.27. The Balaban J connectivity index is 1.56. The quantitative estimate of drug-likeness (QED) is 0.780. The van der Waals surface area contributed by atoms with Crippen LogP contribution in [0.2, 0.25) is 0 Å². The third kappa shape index (κ3) is 5.11. The molecule has 0 bridgehead atoms. The maximum atomic E-state index is 11.7. The Morgan fingerprint density at radius 2 is 2.08 bits per heavy atom. The van der Waals surface area contributed by atoms with Crippen molar-refractivity contribution in [3.8, 4) is 11.5 Å². The molecule has 6 heteroatoms. The van der Waals surface area contributed by atoms with E-state index in [1.807, 2.05) is 13.0 Å². The van der Waals surface area contributed by atoms with E-state index in [2.05, 4.69) is 32.2 Å². The molecule has 0 radical (unpaired) electrons. The van der Waals surface area contributed by atoms with Crippen LogP contribution in [0.1, 0.15) is 38.2 Å². The van der Waals surface area contributed by atoms with Gasteiger partial charge in [-0.3, -0.25) is 9.69 Å². The van der Waals surface area contributed by atoms with Crippen LogP contribution in [0.4, 0.5) is 0 Å². The molecule has 2 heterocycles. The molecule has 5 nitrogen and oxygen atoms in total. The minimum atomic E-state index is 0.175. The van der Waals surface area contributed by atoms with E-state index in [1.54, 1.807) is 0 Å². The maximum Gasteiger partial charge on any atom is 0.219 e. The van der Waals surface area contributed by atoms with E-state index in [9.17, 15) is 4.79 Å². The summed E-state index contributed by atoms with van der Waals surface area (Å²) < 4.78 is 12.4. The van der Waals surface area contributed by atoms with Gasteiger partial charge in [-0.05, 0) is 49.4 Å². The lowest BCUT2D eigenvalue weighted by Crippen LogP contribution is -2.40. The molecule has 0 aromatic heterocycles. The SMILES string of the molecule is CCCC(=O)NCC1CCCN(Cc2cc3c(cc2Br)OCCO3)C1. The second-order valence-corrected chi connectivity index (χ2v) is 7.74. The van der Waals surface area contributed by atoms with Crippen molar-refractivity contribution in [1.82, 2.24) is 10.2 Å². The maximum absolute atomic E-state index is 11.7. The first-order chi connectivity index (χ1) is 12.2. The molecule has 1 atom stereocenters. The minimum Gasteiger partial charge on any atom is -0.486 e. The van der Waals surface area contributed by atoms with E-state index < -0.39 is 0 Å². The van der Waals surface area contributed by atoms with Crippen molar-refractivity contribution in [2.45, 2.75) is 39.2 Å². The lowest BCUT2D eigenvalue weighted by atomic mass is 9.97. The van der Waals surface area contributed by atoms with Gasteiger partial charge in [0.1, 0.15) is 13.2 Å². The van der Waals surface area contributed by atoms with Crippen molar-refractivity contribution >= 4 is 21.8 Å². The highest BCUT2D eigenvalue weighted by Crippen LogP contribution is 2.36. The monoisotopic (exact) mass is 410 g/mol. The molecule has 1 saturated heterocycles. The molecule has 1 unspecified atom stereocenters. The molecule has 138 valence electrons. The van der Waals surface area contributed by atoms with Gasteiger partial charge in [-0.1, -0.05) is 22.9 Å². The minimum absolute atomic E-state index is 0.175. The van der Waals surface area contributed by atoms with Gasteiger partial charge in [-0.15, -0.1) is 0 Å². The van der Waals surface area contributed by atoms with Gasteiger partial charge in [0.25, 0.3) is 0 Å². The molecule has 1 fully saturated rings. The van der Waals surface area contributed by atoms with Crippen LogP contribution < -0.4 is 14.8 Å². The first kappa shape index (κ1) is 18.5. The predicted octanol–water partition coefficient (Wildman–Crippen LogP) is 3.35. The molecule has 1 aromatic rings. The Bertz CT molecular complexity index is 609. The van der Waals surface area contributed by atoms with Crippen molar-refractivity contribution < 1.29 is 14.3 Å². The predicted molar refractivity (Wildman–Crippen MR) is 101 cm³/mol. The van der Waals surface area contributed by atoms with E-state index >= 15 is 0 Å². The van der Waals surface area contributed by atoms with E-state index in [0.717, 1.165) is 48.6 Å². The molecule has 0 spiro atoms.